The van der Waals surface area contributed by atoms with E-state index in [1.165, 1.54) is 24.0 Å². The first-order valence-electron chi connectivity index (χ1n) is 10.1. The van der Waals surface area contributed by atoms with E-state index in [1.54, 1.807) is 12.1 Å². The number of fused-ring (bicyclic) bond motifs is 1. The number of aromatic hydroxyl groups is 1. The molecule has 3 aromatic rings. The second-order valence-electron chi connectivity index (χ2n) is 8.29. The van der Waals surface area contributed by atoms with E-state index in [0.717, 1.165) is 36.8 Å². The quantitative estimate of drug-likeness (QED) is 0.692. The van der Waals surface area contributed by atoms with Crippen LogP contribution in [0.1, 0.15) is 73.2 Å². The molecule has 0 radical (unpaired) electrons. The first kappa shape index (κ1) is 16.8. The molecule has 0 bridgehead atoms. The van der Waals surface area contributed by atoms with Crippen molar-refractivity contribution in [3.05, 3.63) is 65.7 Å². The van der Waals surface area contributed by atoms with Gasteiger partial charge in [-0.2, -0.15) is 0 Å². The zero-order valence-electron chi connectivity index (χ0n) is 15.5. The van der Waals surface area contributed by atoms with Crippen LogP contribution in [-0.4, -0.2) is 19.6 Å². The number of phenolic OH excluding ortho intramolecular Hbond substituents is 1. The molecule has 2 fully saturated rings. The second-order valence-corrected chi connectivity index (χ2v) is 8.29. The number of benzene rings is 1. The van der Waals surface area contributed by atoms with Crippen LogP contribution in [0.25, 0.3) is 5.52 Å². The summed E-state index contributed by atoms with van der Waals surface area (Å²) < 4.78 is 2.03. The van der Waals surface area contributed by atoms with E-state index in [-0.39, 0.29) is 0 Å². The van der Waals surface area contributed by atoms with E-state index >= 15 is 0 Å². The van der Waals surface area contributed by atoms with Crippen molar-refractivity contribution in [1.29, 1.82) is 0 Å². The molecule has 0 amide bonds. The lowest BCUT2D eigenvalue weighted by atomic mass is 9.75. The van der Waals surface area contributed by atoms with Gasteiger partial charge in [-0.1, -0.05) is 12.1 Å². The summed E-state index contributed by atoms with van der Waals surface area (Å²) >= 11 is 0. The lowest BCUT2D eigenvalue weighted by Gasteiger charge is -2.33. The SMILES string of the molecule is Oc1ccc(C2CCC(C(O)c3c(C4CC4)ccn4cncc34)CC2)cc1. The van der Waals surface area contributed by atoms with Gasteiger partial charge in [0.15, 0.2) is 0 Å². The van der Waals surface area contributed by atoms with Gasteiger partial charge in [0.25, 0.3) is 0 Å². The average Bonchev–Trinajstić information content (AvgIpc) is 3.44. The maximum atomic E-state index is 11.3. The Hall–Kier alpha value is -2.33. The Balaban J connectivity index is 1.37. The first-order chi connectivity index (χ1) is 13.2. The summed E-state index contributed by atoms with van der Waals surface area (Å²) in [6, 6.07) is 9.81. The number of pyridine rings is 1. The van der Waals surface area contributed by atoms with Crippen LogP contribution in [0, 0.1) is 5.92 Å². The van der Waals surface area contributed by atoms with Crippen LogP contribution < -0.4 is 0 Å². The van der Waals surface area contributed by atoms with Crippen molar-refractivity contribution in [3.63, 3.8) is 0 Å². The van der Waals surface area contributed by atoms with Crippen LogP contribution in [-0.2, 0) is 0 Å². The summed E-state index contributed by atoms with van der Waals surface area (Å²) in [6.07, 6.45) is 12.1. The predicted molar refractivity (Wildman–Crippen MR) is 105 cm³/mol. The fraction of sp³-hybridized carbons (Fsp3) is 0.435. The van der Waals surface area contributed by atoms with Crippen LogP contribution in [0.2, 0.25) is 0 Å². The molecule has 4 heteroatoms. The summed E-state index contributed by atoms with van der Waals surface area (Å²) in [4.78, 5) is 4.30. The molecule has 0 saturated heterocycles. The monoisotopic (exact) mass is 362 g/mol. The van der Waals surface area contributed by atoms with Crippen LogP contribution >= 0.6 is 0 Å². The molecule has 140 valence electrons. The molecular weight excluding hydrogens is 336 g/mol. The average molecular weight is 362 g/mol. The van der Waals surface area contributed by atoms with Crippen molar-refractivity contribution in [2.45, 2.75) is 56.5 Å². The number of imidazole rings is 1. The molecule has 1 unspecified atom stereocenters. The normalized spacial score (nSPS) is 24.2. The number of rotatable bonds is 4. The van der Waals surface area contributed by atoms with Crippen LogP contribution in [0.4, 0.5) is 0 Å². The topological polar surface area (TPSA) is 57.8 Å². The molecule has 2 aromatic heterocycles. The minimum absolute atomic E-state index is 0.303. The Morgan fingerprint density at radius 3 is 2.33 bits per heavy atom. The zero-order chi connectivity index (χ0) is 18.4. The van der Waals surface area contributed by atoms with Gasteiger partial charge >= 0.3 is 0 Å². The number of nitrogens with zero attached hydrogens (tertiary/aromatic N) is 2. The summed E-state index contributed by atoms with van der Waals surface area (Å²) in [7, 11) is 0. The van der Waals surface area contributed by atoms with Crippen LogP contribution in [0.3, 0.4) is 0 Å². The van der Waals surface area contributed by atoms with Gasteiger partial charge in [-0.3, -0.25) is 0 Å². The highest BCUT2D eigenvalue weighted by Gasteiger charge is 2.34. The highest BCUT2D eigenvalue weighted by atomic mass is 16.3. The third kappa shape index (κ3) is 3.12. The zero-order valence-corrected chi connectivity index (χ0v) is 15.5. The minimum atomic E-state index is -0.415. The van der Waals surface area contributed by atoms with Gasteiger partial charge in [0.2, 0.25) is 0 Å². The molecule has 2 aliphatic carbocycles. The number of hydrogen-bond acceptors (Lipinski definition) is 3. The minimum Gasteiger partial charge on any atom is -0.508 e. The molecule has 2 aliphatic rings. The van der Waals surface area contributed by atoms with Crippen molar-refractivity contribution in [2.24, 2.45) is 5.92 Å². The van der Waals surface area contributed by atoms with E-state index in [2.05, 4.69) is 17.2 Å². The van der Waals surface area contributed by atoms with Gasteiger partial charge in [0, 0.05) is 11.8 Å². The lowest BCUT2D eigenvalue weighted by molar-refractivity contribution is 0.0810. The van der Waals surface area contributed by atoms with E-state index in [1.807, 2.05) is 29.1 Å². The second kappa shape index (κ2) is 6.68. The molecule has 5 rings (SSSR count). The molecular formula is C23H26N2O2. The molecule has 0 aliphatic heterocycles. The molecule has 2 N–H and O–H groups in total. The number of hydrogen-bond donors (Lipinski definition) is 2. The van der Waals surface area contributed by atoms with E-state index in [9.17, 15) is 10.2 Å². The predicted octanol–water partition coefficient (Wildman–Crippen LogP) is 4.92. The Kier molecular flexibility index (Phi) is 4.16. The molecule has 1 atom stereocenters. The number of aliphatic hydroxyl groups excluding tert-OH is 1. The standard InChI is InChI=1S/C23H26N2O2/c26-19-9-7-16(8-10-19)15-1-5-18(6-2-15)23(27)22-20(17-3-4-17)11-12-25-14-24-13-21(22)25/h7-15,17-18,23,26-27H,1-6H2. The summed E-state index contributed by atoms with van der Waals surface area (Å²) in [5.74, 6) is 1.77. The van der Waals surface area contributed by atoms with Crippen LogP contribution in [0.5, 0.6) is 5.75 Å². The fourth-order valence-electron chi connectivity index (χ4n) is 4.85. The molecule has 2 heterocycles. The van der Waals surface area contributed by atoms with Crippen molar-refractivity contribution in [3.8, 4) is 5.75 Å². The van der Waals surface area contributed by atoms with Crippen molar-refractivity contribution in [2.75, 3.05) is 0 Å². The highest BCUT2D eigenvalue weighted by Crippen LogP contribution is 2.48. The molecule has 2 saturated carbocycles. The van der Waals surface area contributed by atoms with E-state index < -0.39 is 6.10 Å². The van der Waals surface area contributed by atoms with E-state index in [4.69, 9.17) is 0 Å². The molecule has 27 heavy (non-hydrogen) atoms. The third-order valence-electron chi connectivity index (χ3n) is 6.56. The van der Waals surface area contributed by atoms with Gasteiger partial charge < -0.3 is 14.6 Å². The van der Waals surface area contributed by atoms with Crippen LogP contribution in [0.15, 0.2) is 49.1 Å². The largest absolute Gasteiger partial charge is 0.508 e. The van der Waals surface area contributed by atoms with Crippen molar-refractivity contribution >= 4 is 5.52 Å². The molecule has 1 aromatic carbocycles. The lowest BCUT2D eigenvalue weighted by Crippen LogP contribution is -2.21. The Labute approximate surface area is 159 Å². The Morgan fingerprint density at radius 2 is 1.63 bits per heavy atom. The highest BCUT2D eigenvalue weighted by molar-refractivity contribution is 5.59. The van der Waals surface area contributed by atoms with Gasteiger partial charge in [-0.25, -0.2) is 4.98 Å². The summed E-state index contributed by atoms with van der Waals surface area (Å²) in [5.41, 5.74) is 4.81. The maximum Gasteiger partial charge on any atom is 0.115 e. The van der Waals surface area contributed by atoms with Crippen molar-refractivity contribution < 1.29 is 10.2 Å². The van der Waals surface area contributed by atoms with Gasteiger partial charge in [-0.05, 0) is 85.6 Å². The smallest absolute Gasteiger partial charge is 0.115 e. The Bertz CT molecular complexity index is 935. The Morgan fingerprint density at radius 1 is 0.926 bits per heavy atom. The number of phenols is 1. The number of aromatic nitrogens is 2. The molecule has 0 spiro atoms. The summed E-state index contributed by atoms with van der Waals surface area (Å²) in [6.45, 7) is 0. The van der Waals surface area contributed by atoms with Gasteiger partial charge in [0.05, 0.1) is 24.1 Å². The van der Waals surface area contributed by atoms with E-state index in [0.29, 0.717) is 23.5 Å². The first-order valence-corrected chi connectivity index (χ1v) is 10.1. The number of aliphatic hydroxyl groups is 1. The van der Waals surface area contributed by atoms with Gasteiger partial charge in [-0.15, -0.1) is 0 Å². The van der Waals surface area contributed by atoms with Gasteiger partial charge in [0.1, 0.15) is 5.75 Å². The maximum absolute atomic E-state index is 11.3. The third-order valence-corrected chi connectivity index (χ3v) is 6.56. The van der Waals surface area contributed by atoms with Crippen molar-refractivity contribution in [1.82, 2.24) is 9.38 Å². The fourth-order valence-corrected chi connectivity index (χ4v) is 4.85. The summed E-state index contributed by atoms with van der Waals surface area (Å²) in [5, 5.41) is 20.8. The molecule has 4 nitrogen and oxygen atoms in total.